The van der Waals surface area contributed by atoms with E-state index in [1.165, 1.54) is 89.9 Å². The maximum atomic E-state index is 13.9. The minimum atomic E-state index is -0.964. The number of rotatable bonds is 28. The molecule has 0 aromatic carbocycles. The molecule has 7 nitrogen and oxygen atoms in total. The molecule has 3 N–H and O–H groups in total. The SMILES string of the molecule is CCCCCCCCCCCC[N+](CCCCCCCCCCCC)(C(=O)C[N+](C)(C)C)C(=O)[C@H](N)CCC(=O)O.[Cl-].[Cl-]. The molecule has 2 amide bonds. The fourth-order valence-electron chi connectivity index (χ4n) is 5.70. The number of carboxylic acid groups (broad SMARTS) is 1. The van der Waals surface area contributed by atoms with Gasteiger partial charge in [0.15, 0.2) is 6.54 Å². The Hall–Kier alpha value is -0.730. The molecule has 0 radical (unpaired) electrons. The molecule has 0 bridgehead atoms. The van der Waals surface area contributed by atoms with Gasteiger partial charge in [-0.2, -0.15) is 4.48 Å². The van der Waals surface area contributed by atoms with Gasteiger partial charge in [-0.1, -0.05) is 117 Å². The van der Waals surface area contributed by atoms with Crippen molar-refractivity contribution in [3.05, 3.63) is 0 Å². The van der Waals surface area contributed by atoms with Gasteiger partial charge in [-0.3, -0.25) is 4.79 Å². The second kappa shape index (κ2) is 28.7. The van der Waals surface area contributed by atoms with Crippen molar-refractivity contribution in [3.63, 3.8) is 0 Å². The van der Waals surface area contributed by atoms with Crippen LogP contribution in [0.5, 0.6) is 0 Å². The first kappa shape index (κ1) is 46.7. The molecule has 0 aromatic heterocycles. The van der Waals surface area contributed by atoms with E-state index in [1.54, 1.807) is 0 Å². The van der Waals surface area contributed by atoms with Crippen LogP contribution in [0.15, 0.2) is 0 Å². The molecule has 9 heteroatoms. The largest absolute Gasteiger partial charge is 1.00 e. The highest BCUT2D eigenvalue weighted by Gasteiger charge is 2.47. The van der Waals surface area contributed by atoms with Crippen LogP contribution in [0.2, 0.25) is 0 Å². The quantitative estimate of drug-likeness (QED) is 0.0988. The van der Waals surface area contributed by atoms with E-state index in [4.69, 9.17) is 5.73 Å². The summed E-state index contributed by atoms with van der Waals surface area (Å²) in [6.07, 6.45) is 23.7. The lowest BCUT2D eigenvalue weighted by molar-refractivity contribution is -0.878. The van der Waals surface area contributed by atoms with Gasteiger partial charge in [0.2, 0.25) is 0 Å². The van der Waals surface area contributed by atoms with Gasteiger partial charge in [0.05, 0.1) is 34.2 Å². The number of halogens is 2. The first-order valence-electron chi connectivity index (χ1n) is 17.2. The molecule has 0 rings (SSSR count). The van der Waals surface area contributed by atoms with Crippen molar-refractivity contribution in [3.8, 4) is 0 Å². The maximum Gasteiger partial charge on any atom is 0.375 e. The molecule has 0 fully saturated rings. The number of hydrogen-bond donors (Lipinski definition) is 2. The Labute approximate surface area is 278 Å². The molecule has 0 aliphatic carbocycles. The Bertz CT molecular complexity index is 678. The fourth-order valence-corrected chi connectivity index (χ4v) is 5.70. The van der Waals surface area contributed by atoms with Crippen molar-refractivity contribution in [2.24, 2.45) is 5.73 Å². The van der Waals surface area contributed by atoms with Crippen molar-refractivity contribution in [1.82, 2.24) is 0 Å². The summed E-state index contributed by atoms with van der Waals surface area (Å²) in [4.78, 5) is 39.0. The van der Waals surface area contributed by atoms with Crippen LogP contribution >= 0.6 is 0 Å². The summed E-state index contributed by atoms with van der Waals surface area (Å²) >= 11 is 0. The zero-order valence-electron chi connectivity index (χ0n) is 28.7. The number of nitrogens with zero attached hydrogens (tertiary/aromatic N) is 2. The van der Waals surface area contributed by atoms with Crippen LogP contribution in [0.3, 0.4) is 0 Å². The van der Waals surface area contributed by atoms with Gasteiger partial charge in [-0.15, -0.1) is 0 Å². The topological polar surface area (TPSA) is 97.5 Å². The van der Waals surface area contributed by atoms with Crippen LogP contribution in [0, 0.1) is 0 Å². The van der Waals surface area contributed by atoms with Gasteiger partial charge in [-0.25, -0.2) is 9.59 Å². The van der Waals surface area contributed by atoms with Crippen LogP contribution in [0.1, 0.15) is 155 Å². The maximum absolute atomic E-state index is 13.9. The Morgan fingerprint density at radius 2 is 0.930 bits per heavy atom. The zero-order valence-corrected chi connectivity index (χ0v) is 30.2. The van der Waals surface area contributed by atoms with Crippen molar-refractivity contribution in [1.29, 1.82) is 0 Å². The molecule has 0 saturated carbocycles. The average molecular weight is 655 g/mol. The fraction of sp³-hybridized carbons (Fsp3) is 0.912. The van der Waals surface area contributed by atoms with Crippen LogP contribution in [-0.2, 0) is 14.4 Å². The van der Waals surface area contributed by atoms with Crippen molar-refractivity contribution < 1.29 is 53.3 Å². The number of carbonyl (C=O) groups excluding carboxylic acids is 2. The minimum absolute atomic E-state index is 0. The highest BCUT2D eigenvalue weighted by atomic mass is 35.5. The number of aliphatic carboxylic acids is 1. The Balaban J connectivity index is -0.00000800. The van der Waals surface area contributed by atoms with Crippen molar-refractivity contribution in [2.45, 2.75) is 161 Å². The molecule has 0 aliphatic rings. The molecule has 1 atom stereocenters. The third-order valence-corrected chi connectivity index (χ3v) is 8.28. The Kier molecular flexibility index (Phi) is 31.2. The molecule has 43 heavy (non-hydrogen) atoms. The summed E-state index contributed by atoms with van der Waals surface area (Å²) < 4.78 is 0.233. The molecule has 0 unspecified atom stereocenters. The van der Waals surface area contributed by atoms with Gasteiger partial charge in [0.25, 0.3) is 0 Å². The number of imide groups is 1. The summed E-state index contributed by atoms with van der Waals surface area (Å²) in [6.45, 7) is 5.69. The monoisotopic (exact) mass is 653 g/mol. The number of amides is 2. The van der Waals surface area contributed by atoms with E-state index in [9.17, 15) is 19.5 Å². The van der Waals surface area contributed by atoms with Gasteiger partial charge < -0.3 is 40.1 Å². The highest BCUT2D eigenvalue weighted by molar-refractivity contribution is 5.88. The molecule has 0 spiro atoms. The van der Waals surface area contributed by atoms with Crippen LogP contribution in [0.4, 0.5) is 0 Å². The smallest absolute Gasteiger partial charge is 0.375 e. The number of quaternary nitrogens is 2. The molecule has 0 aromatic rings. The van der Waals surface area contributed by atoms with E-state index < -0.39 is 12.0 Å². The van der Waals surface area contributed by atoms with Crippen LogP contribution in [0.25, 0.3) is 0 Å². The average Bonchev–Trinajstić information content (AvgIpc) is 2.91. The summed E-state index contributed by atoms with van der Waals surface area (Å²) in [7, 11) is 5.92. The highest BCUT2D eigenvalue weighted by Crippen LogP contribution is 2.21. The summed E-state index contributed by atoms with van der Waals surface area (Å²) in [5, 5.41) is 9.18. The minimum Gasteiger partial charge on any atom is -1.00 e. The third-order valence-electron chi connectivity index (χ3n) is 8.28. The molecular weight excluding hydrogens is 585 g/mol. The number of carboxylic acids is 1. The lowest BCUT2D eigenvalue weighted by Gasteiger charge is -2.37. The van der Waals surface area contributed by atoms with Gasteiger partial charge in [0.1, 0.15) is 6.04 Å². The first-order valence-corrected chi connectivity index (χ1v) is 17.2. The van der Waals surface area contributed by atoms with E-state index in [2.05, 4.69) is 13.8 Å². The van der Waals surface area contributed by atoms with Gasteiger partial charge in [-0.05, 0) is 32.1 Å². The molecule has 0 saturated heterocycles. The van der Waals surface area contributed by atoms with Crippen LogP contribution < -0.4 is 30.5 Å². The lowest BCUT2D eigenvalue weighted by atomic mass is 10.0. The lowest BCUT2D eigenvalue weighted by Crippen LogP contribution is -3.00. The summed E-state index contributed by atoms with van der Waals surface area (Å²) in [5.41, 5.74) is 6.31. The second-order valence-electron chi connectivity index (χ2n) is 13.5. The van der Waals surface area contributed by atoms with Gasteiger partial charge >= 0.3 is 17.8 Å². The number of nitrogens with two attached hydrogens (primary N) is 1. The normalized spacial score (nSPS) is 12.3. The number of likely N-dealkylation sites (N-methyl/N-ethyl adjacent to an activating group) is 1. The van der Waals surface area contributed by atoms with Crippen molar-refractivity contribution >= 4 is 17.8 Å². The number of unbranched alkanes of at least 4 members (excludes halogenated alkanes) is 18. The number of hydrogen-bond acceptors (Lipinski definition) is 4. The standard InChI is InChI=1S/C34H68N3O4.2ClH/c1-6-8-10-12-14-16-18-20-22-24-28-37(32(38)30-36(3,4)5,34(41)31(35)26-27-33(39)40)29-25-23-21-19-17-15-13-11-9-7-2;;/h31H,6-30,35H2,1-5H3;2*1H/q+1;;/p-1/t31-;;/m1../s1. The van der Waals surface area contributed by atoms with E-state index in [1.807, 2.05) is 21.1 Å². The first-order chi connectivity index (χ1) is 19.5. The van der Waals surface area contributed by atoms with Crippen molar-refractivity contribution in [2.75, 3.05) is 40.8 Å². The van der Waals surface area contributed by atoms with E-state index >= 15 is 0 Å². The molecule has 0 aliphatic heterocycles. The van der Waals surface area contributed by atoms with E-state index in [0.717, 1.165) is 38.5 Å². The number of carbonyl (C=O) groups is 3. The molecular formula is C34H69Cl2N3O4. The Morgan fingerprint density at radius 1 is 0.605 bits per heavy atom. The predicted molar refractivity (Wildman–Crippen MR) is 171 cm³/mol. The van der Waals surface area contributed by atoms with Gasteiger partial charge in [0, 0.05) is 6.42 Å². The summed E-state index contributed by atoms with van der Waals surface area (Å²) in [6, 6.07) is -0.936. The molecule has 258 valence electrons. The second-order valence-corrected chi connectivity index (χ2v) is 13.5. The summed E-state index contributed by atoms with van der Waals surface area (Å²) in [5.74, 6) is -1.31. The predicted octanol–water partition coefficient (Wildman–Crippen LogP) is 1.60. The van der Waals surface area contributed by atoms with Crippen LogP contribution in [-0.4, -0.2) is 78.7 Å². The van der Waals surface area contributed by atoms with E-state index in [0.29, 0.717) is 17.6 Å². The third kappa shape index (κ3) is 24.2. The Morgan fingerprint density at radius 3 is 1.23 bits per heavy atom. The molecule has 0 heterocycles. The van der Waals surface area contributed by atoms with E-state index in [-0.39, 0.29) is 60.5 Å². The zero-order chi connectivity index (χ0) is 31.0.